The monoisotopic (exact) mass is 573 g/mol. The molecule has 4 aromatic rings. The summed E-state index contributed by atoms with van der Waals surface area (Å²) >= 11 is 3.44. The van der Waals surface area contributed by atoms with Crippen molar-refractivity contribution in [2.75, 3.05) is 7.11 Å². The molecule has 1 aromatic heterocycles. The molecule has 0 fully saturated rings. The number of halogens is 1. The van der Waals surface area contributed by atoms with Gasteiger partial charge in [-0.25, -0.2) is 0 Å². The van der Waals surface area contributed by atoms with Gasteiger partial charge in [-0.15, -0.1) is 0 Å². The highest BCUT2D eigenvalue weighted by molar-refractivity contribution is 9.10. The van der Waals surface area contributed by atoms with Crippen LogP contribution in [0.4, 0.5) is 0 Å². The standard InChI is InChI=1S/C31H28BrNO5/c1-31(2,3)21-11-9-18(10-12-21)27-26(28(34)25-16-20-15-22(32)13-14-24(20)38-25)29(35)30(36)33(27)17-19-7-5-6-8-23(19)37-4/h5-16,27,35H,17H2,1-4H3. The number of hydrogen-bond donors (Lipinski definition) is 1. The number of Topliss-reactive ketones (excluding diaryl/α,β-unsaturated/α-hetero) is 1. The van der Waals surface area contributed by atoms with Crippen molar-refractivity contribution < 1.29 is 23.8 Å². The molecular weight excluding hydrogens is 546 g/mol. The van der Waals surface area contributed by atoms with Crippen LogP contribution in [-0.2, 0) is 16.8 Å². The minimum absolute atomic E-state index is 0.00784. The SMILES string of the molecule is COc1ccccc1CN1C(=O)C(O)=C(C(=O)c2cc3cc(Br)ccc3o2)C1c1ccc(C(C)(C)C)cc1. The van der Waals surface area contributed by atoms with Crippen molar-refractivity contribution >= 4 is 38.6 Å². The molecule has 38 heavy (non-hydrogen) atoms. The molecule has 0 aliphatic carbocycles. The largest absolute Gasteiger partial charge is 0.503 e. The second kappa shape index (κ2) is 9.80. The Morgan fingerprint density at radius 1 is 1.05 bits per heavy atom. The maximum absolute atomic E-state index is 13.9. The number of rotatable bonds is 6. The van der Waals surface area contributed by atoms with Crippen LogP contribution in [0.1, 0.15) is 54.1 Å². The highest BCUT2D eigenvalue weighted by Crippen LogP contribution is 2.42. The lowest BCUT2D eigenvalue weighted by Gasteiger charge is -2.28. The van der Waals surface area contributed by atoms with Gasteiger partial charge in [-0.05, 0) is 46.9 Å². The maximum Gasteiger partial charge on any atom is 0.290 e. The molecule has 0 spiro atoms. The molecule has 0 bridgehead atoms. The number of nitrogens with zero attached hydrogens (tertiary/aromatic N) is 1. The van der Waals surface area contributed by atoms with E-state index in [1.807, 2.05) is 60.7 Å². The number of aliphatic hydroxyl groups is 1. The number of carbonyl (C=O) groups is 2. The number of aliphatic hydroxyl groups excluding tert-OH is 1. The van der Waals surface area contributed by atoms with Crippen LogP contribution < -0.4 is 4.74 Å². The van der Waals surface area contributed by atoms with Gasteiger partial charge >= 0.3 is 0 Å². The smallest absolute Gasteiger partial charge is 0.290 e. The lowest BCUT2D eigenvalue weighted by molar-refractivity contribution is -0.130. The van der Waals surface area contributed by atoms with Crippen LogP contribution in [-0.4, -0.2) is 28.8 Å². The zero-order chi connectivity index (χ0) is 27.2. The fourth-order valence-corrected chi connectivity index (χ4v) is 5.22. The third-order valence-electron chi connectivity index (χ3n) is 6.88. The lowest BCUT2D eigenvalue weighted by Crippen LogP contribution is -2.31. The van der Waals surface area contributed by atoms with Crippen LogP contribution in [0.15, 0.2) is 93.0 Å². The first kappa shape index (κ1) is 25.8. The van der Waals surface area contributed by atoms with E-state index in [-0.39, 0.29) is 23.3 Å². The third kappa shape index (κ3) is 4.63. The van der Waals surface area contributed by atoms with Crippen molar-refractivity contribution in [3.63, 3.8) is 0 Å². The second-order valence-corrected chi connectivity index (χ2v) is 11.3. The van der Waals surface area contributed by atoms with E-state index in [9.17, 15) is 14.7 Å². The number of ketones is 1. The zero-order valence-corrected chi connectivity index (χ0v) is 23.2. The van der Waals surface area contributed by atoms with Crippen molar-refractivity contribution in [2.45, 2.75) is 38.8 Å². The molecule has 5 rings (SSSR count). The van der Waals surface area contributed by atoms with Gasteiger partial charge in [0, 0.05) is 15.4 Å². The van der Waals surface area contributed by atoms with Gasteiger partial charge < -0.3 is 19.2 Å². The average Bonchev–Trinajstić information content (AvgIpc) is 3.42. The van der Waals surface area contributed by atoms with Crippen molar-refractivity contribution in [3.05, 3.63) is 111 Å². The van der Waals surface area contributed by atoms with E-state index < -0.39 is 23.5 Å². The van der Waals surface area contributed by atoms with Gasteiger partial charge in [0.15, 0.2) is 11.5 Å². The van der Waals surface area contributed by atoms with Gasteiger partial charge in [-0.3, -0.25) is 9.59 Å². The van der Waals surface area contributed by atoms with Crippen LogP contribution in [0, 0.1) is 0 Å². The van der Waals surface area contributed by atoms with Crippen LogP contribution >= 0.6 is 15.9 Å². The number of carbonyl (C=O) groups excluding carboxylic acids is 2. The summed E-state index contributed by atoms with van der Waals surface area (Å²) in [6.45, 7) is 6.50. The number of hydrogen-bond acceptors (Lipinski definition) is 5. The zero-order valence-electron chi connectivity index (χ0n) is 21.6. The molecule has 7 heteroatoms. The van der Waals surface area contributed by atoms with Gasteiger partial charge in [0.05, 0.1) is 25.3 Å². The molecule has 0 radical (unpaired) electrons. The fourth-order valence-electron chi connectivity index (χ4n) is 4.84. The molecule has 0 saturated heterocycles. The minimum Gasteiger partial charge on any atom is -0.503 e. The van der Waals surface area contributed by atoms with Crippen LogP contribution in [0.2, 0.25) is 0 Å². The number of fused-ring (bicyclic) bond motifs is 1. The van der Waals surface area contributed by atoms with E-state index in [0.717, 1.165) is 21.0 Å². The van der Waals surface area contributed by atoms with Crippen LogP contribution in [0.25, 0.3) is 11.0 Å². The number of benzene rings is 3. The van der Waals surface area contributed by atoms with Crippen molar-refractivity contribution in [1.82, 2.24) is 4.90 Å². The molecule has 2 heterocycles. The molecule has 0 saturated carbocycles. The van der Waals surface area contributed by atoms with E-state index in [4.69, 9.17) is 9.15 Å². The Hall–Kier alpha value is -3.84. The Morgan fingerprint density at radius 3 is 2.45 bits per heavy atom. The summed E-state index contributed by atoms with van der Waals surface area (Å²) in [5, 5.41) is 11.8. The van der Waals surface area contributed by atoms with E-state index >= 15 is 0 Å². The molecule has 1 atom stereocenters. The number of furan rings is 1. The number of amides is 1. The van der Waals surface area contributed by atoms with E-state index in [0.29, 0.717) is 16.9 Å². The molecule has 1 unspecified atom stereocenters. The molecular formula is C31H28BrNO5. The van der Waals surface area contributed by atoms with Crippen molar-refractivity contribution in [2.24, 2.45) is 0 Å². The quantitative estimate of drug-likeness (QED) is 0.245. The number of methoxy groups -OCH3 is 1. The van der Waals surface area contributed by atoms with Gasteiger partial charge in [-0.2, -0.15) is 0 Å². The van der Waals surface area contributed by atoms with Crippen LogP contribution in [0.3, 0.4) is 0 Å². The topological polar surface area (TPSA) is 80.0 Å². The first-order valence-electron chi connectivity index (χ1n) is 12.3. The molecule has 3 aromatic carbocycles. The van der Waals surface area contributed by atoms with Gasteiger partial charge in [-0.1, -0.05) is 79.2 Å². The first-order valence-corrected chi connectivity index (χ1v) is 13.1. The van der Waals surface area contributed by atoms with E-state index in [1.54, 1.807) is 19.2 Å². The van der Waals surface area contributed by atoms with E-state index in [1.165, 1.54) is 4.90 Å². The molecule has 194 valence electrons. The Kier molecular flexibility index (Phi) is 6.65. The van der Waals surface area contributed by atoms with Gasteiger partial charge in [0.25, 0.3) is 5.91 Å². The highest BCUT2D eigenvalue weighted by atomic mass is 79.9. The Bertz CT molecular complexity index is 1580. The summed E-state index contributed by atoms with van der Waals surface area (Å²) in [6, 6.07) is 21.5. The number of para-hydroxylation sites is 1. The fraction of sp³-hybridized carbons (Fsp3) is 0.226. The van der Waals surface area contributed by atoms with Gasteiger partial charge in [0.1, 0.15) is 11.3 Å². The second-order valence-electron chi connectivity index (χ2n) is 10.4. The molecule has 1 aliphatic rings. The summed E-state index contributed by atoms with van der Waals surface area (Å²) in [5.74, 6) is -1.05. The van der Waals surface area contributed by atoms with E-state index in [2.05, 4.69) is 36.7 Å². The summed E-state index contributed by atoms with van der Waals surface area (Å²) in [6.07, 6.45) is 0. The Balaban J connectivity index is 1.61. The Labute approximate surface area is 229 Å². The highest BCUT2D eigenvalue weighted by Gasteiger charge is 2.44. The van der Waals surface area contributed by atoms with Crippen LogP contribution in [0.5, 0.6) is 5.75 Å². The molecule has 6 nitrogen and oxygen atoms in total. The normalized spacial score (nSPS) is 16.0. The predicted octanol–water partition coefficient (Wildman–Crippen LogP) is 7.28. The average molecular weight is 574 g/mol. The summed E-state index contributed by atoms with van der Waals surface area (Å²) in [4.78, 5) is 28.8. The minimum atomic E-state index is -0.811. The molecule has 1 aliphatic heterocycles. The molecule has 1 N–H and O–H groups in total. The van der Waals surface area contributed by atoms with Gasteiger partial charge in [0.2, 0.25) is 5.78 Å². The predicted molar refractivity (Wildman–Crippen MR) is 149 cm³/mol. The third-order valence-corrected chi connectivity index (χ3v) is 7.37. The maximum atomic E-state index is 13.9. The summed E-state index contributed by atoms with van der Waals surface area (Å²) in [5.41, 5.74) is 3.05. The first-order chi connectivity index (χ1) is 18.1. The molecule has 1 amide bonds. The number of ether oxygens (including phenoxy) is 1. The lowest BCUT2D eigenvalue weighted by atomic mass is 9.85. The summed E-state index contributed by atoms with van der Waals surface area (Å²) < 4.78 is 12.2. The van der Waals surface area contributed by atoms with Crippen molar-refractivity contribution in [1.29, 1.82) is 0 Å². The Morgan fingerprint density at radius 2 is 1.76 bits per heavy atom. The summed E-state index contributed by atoms with van der Waals surface area (Å²) in [7, 11) is 1.57. The van der Waals surface area contributed by atoms with Crippen molar-refractivity contribution in [3.8, 4) is 5.75 Å².